The lowest BCUT2D eigenvalue weighted by Gasteiger charge is -2.35. The topological polar surface area (TPSA) is 85.7 Å². The van der Waals surface area contributed by atoms with Crippen LogP contribution in [0.25, 0.3) is 0 Å². The molecule has 2 saturated carbocycles. The molecule has 0 spiro atoms. The number of hydrogen-bond donors (Lipinski definition) is 1. The predicted molar refractivity (Wildman–Crippen MR) is 135 cm³/mol. The van der Waals surface area contributed by atoms with Gasteiger partial charge in [0.05, 0.1) is 19.3 Å². The molecule has 0 aromatic heterocycles. The van der Waals surface area contributed by atoms with Crippen LogP contribution in [-0.4, -0.2) is 72.6 Å². The van der Waals surface area contributed by atoms with Crippen LogP contribution in [0.2, 0.25) is 0 Å². The molecule has 0 aromatic carbocycles. The van der Waals surface area contributed by atoms with Crippen molar-refractivity contribution in [3.8, 4) is 6.07 Å². The van der Waals surface area contributed by atoms with E-state index in [-0.39, 0.29) is 24.2 Å². The number of amides is 2. The Hall–Kier alpha value is -1.65. The highest BCUT2D eigenvalue weighted by atomic mass is 16.5. The van der Waals surface area contributed by atoms with Crippen molar-refractivity contribution >= 4 is 11.8 Å². The number of likely N-dealkylation sites (tertiary alicyclic amines) is 1. The van der Waals surface area contributed by atoms with E-state index in [0.717, 1.165) is 31.7 Å². The zero-order valence-corrected chi connectivity index (χ0v) is 21.8. The molecule has 2 aliphatic carbocycles. The number of carbonyl (C=O) groups is 2. The maximum atomic E-state index is 13.6. The highest BCUT2D eigenvalue weighted by Gasteiger charge is 2.44. The van der Waals surface area contributed by atoms with Crippen molar-refractivity contribution in [1.82, 2.24) is 15.1 Å². The van der Waals surface area contributed by atoms with Crippen LogP contribution in [0.3, 0.4) is 0 Å². The number of carbonyl (C=O) groups excluding carboxylic acids is 2. The van der Waals surface area contributed by atoms with Crippen LogP contribution in [0.4, 0.5) is 0 Å². The van der Waals surface area contributed by atoms with Gasteiger partial charge in [-0.05, 0) is 50.4 Å². The molecular formula is C28H46N4O3. The van der Waals surface area contributed by atoms with Crippen molar-refractivity contribution in [2.45, 2.75) is 102 Å². The fraction of sp³-hybridized carbons (Fsp3) is 0.893. The number of ether oxygens (including phenoxy) is 1. The quantitative estimate of drug-likeness (QED) is 0.563. The number of morpholine rings is 1. The molecule has 35 heavy (non-hydrogen) atoms. The van der Waals surface area contributed by atoms with Gasteiger partial charge in [-0.15, -0.1) is 0 Å². The minimum absolute atomic E-state index is 0.0519. The van der Waals surface area contributed by atoms with E-state index in [1.54, 1.807) is 0 Å². The van der Waals surface area contributed by atoms with Crippen molar-refractivity contribution < 1.29 is 14.3 Å². The molecule has 0 bridgehead atoms. The van der Waals surface area contributed by atoms with E-state index < -0.39 is 5.54 Å². The molecule has 0 unspecified atom stereocenters. The zero-order chi connectivity index (χ0) is 24.7. The summed E-state index contributed by atoms with van der Waals surface area (Å²) in [6.07, 6.45) is 13.9. The molecule has 0 radical (unpaired) electrons. The molecule has 4 rings (SSSR count). The van der Waals surface area contributed by atoms with Gasteiger partial charge in [0.15, 0.2) is 0 Å². The molecule has 0 aromatic rings. The standard InChI is InChI=1S/C28H46N4O3/c1-2-22-8-10-25(11-9-22)32-13-12-28(20-29,21-32)30-27(34)24(18-23-6-4-3-5-7-23)19-26(33)31-14-16-35-17-15-31/h22-25H,2-19,21H2,1H3,(H,30,34)/t22-,24-,25-,28-/m1/s1. The number of rotatable bonds is 8. The molecule has 1 N–H and O–H groups in total. The zero-order valence-electron chi connectivity index (χ0n) is 21.8. The Balaban J connectivity index is 1.38. The van der Waals surface area contributed by atoms with Gasteiger partial charge in [-0.3, -0.25) is 14.5 Å². The fourth-order valence-corrected chi connectivity index (χ4v) is 6.89. The lowest BCUT2D eigenvalue weighted by Crippen LogP contribution is -2.53. The van der Waals surface area contributed by atoms with Crippen LogP contribution in [0.1, 0.15) is 90.4 Å². The van der Waals surface area contributed by atoms with Gasteiger partial charge in [-0.1, -0.05) is 45.4 Å². The average molecular weight is 487 g/mol. The summed E-state index contributed by atoms with van der Waals surface area (Å²) in [6.45, 7) is 6.11. The van der Waals surface area contributed by atoms with Gasteiger partial charge in [0.1, 0.15) is 5.54 Å². The van der Waals surface area contributed by atoms with Gasteiger partial charge < -0.3 is 15.0 Å². The van der Waals surface area contributed by atoms with E-state index in [9.17, 15) is 14.9 Å². The highest BCUT2D eigenvalue weighted by Crippen LogP contribution is 2.34. The second kappa shape index (κ2) is 12.5. The Morgan fingerprint density at radius 2 is 1.74 bits per heavy atom. The molecule has 2 atom stereocenters. The number of nitrogens with one attached hydrogen (secondary N) is 1. The summed E-state index contributed by atoms with van der Waals surface area (Å²) in [7, 11) is 0. The average Bonchev–Trinajstić information content (AvgIpc) is 3.33. The Labute approximate surface area is 211 Å². The van der Waals surface area contributed by atoms with E-state index in [1.165, 1.54) is 51.4 Å². The van der Waals surface area contributed by atoms with Crippen molar-refractivity contribution in [3.05, 3.63) is 0 Å². The number of nitrogens with zero attached hydrogens (tertiary/aromatic N) is 3. The Kier molecular flexibility index (Phi) is 9.46. The summed E-state index contributed by atoms with van der Waals surface area (Å²) in [5.74, 6) is 0.960. The SMILES string of the molecule is CC[C@H]1CC[C@H](N2CC[C@](C#N)(NC(=O)[C@@H](CC(=O)N3CCOCC3)CC3CCCCC3)C2)CC1. The molecule has 7 heteroatoms. The summed E-state index contributed by atoms with van der Waals surface area (Å²) in [5, 5.41) is 13.4. The smallest absolute Gasteiger partial charge is 0.224 e. The van der Waals surface area contributed by atoms with E-state index in [1.807, 2.05) is 4.90 Å². The van der Waals surface area contributed by atoms with E-state index in [0.29, 0.717) is 51.2 Å². The predicted octanol–water partition coefficient (Wildman–Crippen LogP) is 3.87. The van der Waals surface area contributed by atoms with Crippen LogP contribution in [0, 0.1) is 29.1 Å². The monoisotopic (exact) mass is 486 g/mol. The fourth-order valence-electron chi connectivity index (χ4n) is 6.89. The van der Waals surface area contributed by atoms with Crippen LogP contribution < -0.4 is 5.32 Å². The third kappa shape index (κ3) is 6.98. The van der Waals surface area contributed by atoms with Gasteiger partial charge in [0, 0.05) is 44.6 Å². The van der Waals surface area contributed by atoms with Crippen LogP contribution in [0.15, 0.2) is 0 Å². The minimum Gasteiger partial charge on any atom is -0.378 e. The van der Waals surface area contributed by atoms with E-state index >= 15 is 0 Å². The largest absolute Gasteiger partial charge is 0.378 e. The second-order valence-corrected chi connectivity index (χ2v) is 11.6. The first kappa shape index (κ1) is 26.4. The maximum Gasteiger partial charge on any atom is 0.224 e. The molecule has 4 fully saturated rings. The molecule has 196 valence electrons. The molecule has 7 nitrogen and oxygen atoms in total. The Bertz CT molecular complexity index is 748. The summed E-state index contributed by atoms with van der Waals surface area (Å²) < 4.78 is 5.40. The third-order valence-electron chi connectivity index (χ3n) is 9.28. The molecular weight excluding hydrogens is 440 g/mol. The summed E-state index contributed by atoms with van der Waals surface area (Å²) >= 11 is 0. The molecule has 4 aliphatic rings. The second-order valence-electron chi connectivity index (χ2n) is 11.6. The van der Waals surface area contributed by atoms with Gasteiger partial charge in [-0.2, -0.15) is 5.26 Å². The highest BCUT2D eigenvalue weighted by molar-refractivity contribution is 5.86. The van der Waals surface area contributed by atoms with E-state index in [4.69, 9.17) is 4.74 Å². The van der Waals surface area contributed by atoms with Crippen molar-refractivity contribution in [2.24, 2.45) is 17.8 Å². The maximum absolute atomic E-state index is 13.6. The molecule has 2 amide bonds. The molecule has 2 saturated heterocycles. The van der Waals surface area contributed by atoms with Crippen LogP contribution in [0.5, 0.6) is 0 Å². The van der Waals surface area contributed by atoms with Crippen molar-refractivity contribution in [1.29, 1.82) is 5.26 Å². The van der Waals surface area contributed by atoms with Gasteiger partial charge >= 0.3 is 0 Å². The lowest BCUT2D eigenvalue weighted by molar-refractivity contribution is -0.140. The molecule has 2 aliphatic heterocycles. The summed E-state index contributed by atoms with van der Waals surface area (Å²) in [5.41, 5.74) is -0.828. The van der Waals surface area contributed by atoms with Gasteiger partial charge in [0.25, 0.3) is 0 Å². The normalized spacial score (nSPS) is 31.6. The van der Waals surface area contributed by atoms with Gasteiger partial charge in [-0.25, -0.2) is 0 Å². The number of hydrogen-bond acceptors (Lipinski definition) is 5. The third-order valence-corrected chi connectivity index (χ3v) is 9.28. The summed E-state index contributed by atoms with van der Waals surface area (Å²) in [4.78, 5) is 31.0. The summed E-state index contributed by atoms with van der Waals surface area (Å²) in [6, 6.07) is 3.02. The van der Waals surface area contributed by atoms with Crippen molar-refractivity contribution in [2.75, 3.05) is 39.4 Å². The minimum atomic E-state index is -0.828. The number of nitriles is 1. The Morgan fingerprint density at radius 1 is 1.03 bits per heavy atom. The van der Waals surface area contributed by atoms with E-state index in [2.05, 4.69) is 23.2 Å². The first-order valence-corrected chi connectivity index (χ1v) is 14.3. The molecule has 2 heterocycles. The first-order valence-electron chi connectivity index (χ1n) is 14.3. The van der Waals surface area contributed by atoms with Crippen LogP contribution >= 0.6 is 0 Å². The lowest BCUT2D eigenvalue weighted by atomic mass is 9.81. The van der Waals surface area contributed by atoms with Crippen LogP contribution in [-0.2, 0) is 14.3 Å². The van der Waals surface area contributed by atoms with Gasteiger partial charge in [0.2, 0.25) is 11.8 Å². The first-order chi connectivity index (χ1) is 17.0. The van der Waals surface area contributed by atoms with Crippen molar-refractivity contribution in [3.63, 3.8) is 0 Å². The Morgan fingerprint density at radius 3 is 2.40 bits per heavy atom.